The molecule has 1 aromatic heterocycles. The SMILES string of the molecule is Cc1cc(F)ccc1Nc1cnc(C(C)C)nc1C(=O)O. The zero-order chi connectivity index (χ0) is 15.6. The van der Waals surface area contributed by atoms with Crippen LogP contribution in [0.25, 0.3) is 0 Å². The van der Waals surface area contributed by atoms with Crippen LogP contribution in [0.4, 0.5) is 15.8 Å². The van der Waals surface area contributed by atoms with Gasteiger partial charge in [-0.25, -0.2) is 19.2 Å². The van der Waals surface area contributed by atoms with Crippen molar-refractivity contribution in [2.75, 3.05) is 5.32 Å². The number of aromatic nitrogens is 2. The van der Waals surface area contributed by atoms with Gasteiger partial charge in [-0.05, 0) is 30.7 Å². The van der Waals surface area contributed by atoms with Gasteiger partial charge in [0.15, 0.2) is 5.69 Å². The fraction of sp³-hybridized carbons (Fsp3) is 0.267. The molecule has 5 nitrogen and oxygen atoms in total. The van der Waals surface area contributed by atoms with Crippen LogP contribution < -0.4 is 5.32 Å². The van der Waals surface area contributed by atoms with E-state index < -0.39 is 5.97 Å². The first-order chi connectivity index (χ1) is 9.88. The van der Waals surface area contributed by atoms with Crippen molar-refractivity contribution in [3.05, 3.63) is 47.3 Å². The molecule has 0 saturated heterocycles. The lowest BCUT2D eigenvalue weighted by Crippen LogP contribution is -2.10. The summed E-state index contributed by atoms with van der Waals surface area (Å²) in [6.45, 7) is 5.51. The first-order valence-corrected chi connectivity index (χ1v) is 6.52. The highest BCUT2D eigenvalue weighted by Crippen LogP contribution is 2.24. The highest BCUT2D eigenvalue weighted by molar-refractivity contribution is 5.92. The van der Waals surface area contributed by atoms with Crippen molar-refractivity contribution < 1.29 is 14.3 Å². The molecule has 0 fully saturated rings. The minimum absolute atomic E-state index is 0.0321. The molecular formula is C15H16FN3O2. The monoisotopic (exact) mass is 289 g/mol. The van der Waals surface area contributed by atoms with Crippen molar-refractivity contribution in [1.82, 2.24) is 9.97 Å². The van der Waals surface area contributed by atoms with Crippen LogP contribution in [0.3, 0.4) is 0 Å². The predicted molar refractivity (Wildman–Crippen MR) is 77.5 cm³/mol. The highest BCUT2D eigenvalue weighted by Gasteiger charge is 2.16. The first-order valence-electron chi connectivity index (χ1n) is 6.52. The number of halogens is 1. The summed E-state index contributed by atoms with van der Waals surface area (Å²) in [6.07, 6.45) is 1.44. The van der Waals surface area contributed by atoms with Gasteiger partial charge >= 0.3 is 5.97 Å². The van der Waals surface area contributed by atoms with E-state index >= 15 is 0 Å². The molecule has 1 heterocycles. The minimum atomic E-state index is -1.14. The van der Waals surface area contributed by atoms with Gasteiger partial charge in [0.1, 0.15) is 11.6 Å². The molecule has 0 unspecified atom stereocenters. The fourth-order valence-electron chi connectivity index (χ4n) is 1.84. The number of hydrogen-bond acceptors (Lipinski definition) is 4. The number of nitrogens with one attached hydrogen (secondary N) is 1. The Morgan fingerprint density at radius 2 is 2.05 bits per heavy atom. The van der Waals surface area contributed by atoms with Gasteiger partial charge in [0.2, 0.25) is 0 Å². The summed E-state index contributed by atoms with van der Waals surface area (Å²) in [7, 11) is 0. The van der Waals surface area contributed by atoms with Crippen LogP contribution >= 0.6 is 0 Å². The minimum Gasteiger partial charge on any atom is -0.476 e. The van der Waals surface area contributed by atoms with E-state index in [1.165, 1.54) is 18.3 Å². The van der Waals surface area contributed by atoms with Crippen molar-refractivity contribution in [1.29, 1.82) is 0 Å². The number of aryl methyl sites for hydroxylation is 1. The number of rotatable bonds is 4. The van der Waals surface area contributed by atoms with E-state index in [9.17, 15) is 14.3 Å². The van der Waals surface area contributed by atoms with E-state index in [4.69, 9.17) is 0 Å². The lowest BCUT2D eigenvalue weighted by molar-refractivity contribution is 0.0691. The molecule has 6 heteroatoms. The molecule has 0 saturated carbocycles. The Hall–Kier alpha value is -2.50. The number of carbonyl (C=O) groups is 1. The average molecular weight is 289 g/mol. The van der Waals surface area contributed by atoms with E-state index in [2.05, 4.69) is 15.3 Å². The lowest BCUT2D eigenvalue weighted by Gasteiger charge is -2.13. The Morgan fingerprint density at radius 1 is 1.33 bits per heavy atom. The second-order valence-corrected chi connectivity index (χ2v) is 5.03. The fourth-order valence-corrected chi connectivity index (χ4v) is 1.84. The molecule has 0 radical (unpaired) electrons. The average Bonchev–Trinajstić information content (AvgIpc) is 2.41. The summed E-state index contributed by atoms with van der Waals surface area (Å²) in [6, 6.07) is 4.22. The summed E-state index contributed by atoms with van der Waals surface area (Å²) in [5.41, 5.74) is 1.46. The highest BCUT2D eigenvalue weighted by atomic mass is 19.1. The smallest absolute Gasteiger partial charge is 0.356 e. The molecule has 0 spiro atoms. The van der Waals surface area contributed by atoms with Crippen LogP contribution in [-0.2, 0) is 0 Å². The Labute approximate surface area is 121 Å². The standard InChI is InChI=1S/C15H16FN3O2/c1-8(2)14-17-7-12(13(19-14)15(20)21)18-11-5-4-10(16)6-9(11)3/h4-8,18H,1-3H3,(H,20,21). The molecule has 0 aliphatic carbocycles. The third-order valence-electron chi connectivity index (χ3n) is 2.98. The van der Waals surface area contributed by atoms with E-state index in [0.717, 1.165) is 0 Å². The molecule has 0 aliphatic rings. The number of carboxylic acids is 1. The Balaban J connectivity index is 2.41. The van der Waals surface area contributed by atoms with E-state index in [0.29, 0.717) is 17.1 Å². The molecule has 2 N–H and O–H groups in total. The second kappa shape index (κ2) is 5.87. The van der Waals surface area contributed by atoms with Gasteiger partial charge in [0.25, 0.3) is 0 Å². The summed E-state index contributed by atoms with van der Waals surface area (Å²) >= 11 is 0. The number of nitrogens with zero attached hydrogens (tertiary/aromatic N) is 2. The van der Waals surface area contributed by atoms with Crippen LogP contribution in [0.5, 0.6) is 0 Å². The van der Waals surface area contributed by atoms with Crippen LogP contribution in [-0.4, -0.2) is 21.0 Å². The van der Waals surface area contributed by atoms with Crippen molar-refractivity contribution in [2.24, 2.45) is 0 Å². The Morgan fingerprint density at radius 3 is 2.62 bits per heavy atom. The van der Waals surface area contributed by atoms with E-state index in [-0.39, 0.29) is 23.1 Å². The van der Waals surface area contributed by atoms with Gasteiger partial charge < -0.3 is 10.4 Å². The van der Waals surface area contributed by atoms with Crippen molar-refractivity contribution in [3.63, 3.8) is 0 Å². The molecule has 0 bridgehead atoms. The van der Waals surface area contributed by atoms with Gasteiger partial charge in [-0.2, -0.15) is 0 Å². The number of anilines is 2. The summed E-state index contributed by atoms with van der Waals surface area (Å²) in [5.74, 6) is -0.983. The number of benzene rings is 1. The lowest BCUT2D eigenvalue weighted by atomic mass is 10.1. The molecule has 1 aromatic carbocycles. The largest absolute Gasteiger partial charge is 0.476 e. The topological polar surface area (TPSA) is 75.1 Å². The van der Waals surface area contributed by atoms with Gasteiger partial charge in [-0.1, -0.05) is 13.8 Å². The van der Waals surface area contributed by atoms with Crippen molar-refractivity contribution in [2.45, 2.75) is 26.7 Å². The maximum absolute atomic E-state index is 13.1. The summed E-state index contributed by atoms with van der Waals surface area (Å²) in [4.78, 5) is 19.6. The van der Waals surface area contributed by atoms with E-state index in [1.807, 2.05) is 13.8 Å². The van der Waals surface area contributed by atoms with Gasteiger partial charge in [-0.3, -0.25) is 0 Å². The predicted octanol–water partition coefficient (Wildman–Crippen LogP) is 3.49. The Bertz CT molecular complexity index is 687. The molecule has 0 amide bonds. The molecule has 2 aromatic rings. The number of hydrogen-bond donors (Lipinski definition) is 2. The molecule has 110 valence electrons. The van der Waals surface area contributed by atoms with E-state index in [1.54, 1.807) is 13.0 Å². The zero-order valence-corrected chi connectivity index (χ0v) is 12.0. The molecular weight excluding hydrogens is 273 g/mol. The van der Waals surface area contributed by atoms with Crippen molar-refractivity contribution in [3.8, 4) is 0 Å². The summed E-state index contributed by atoms with van der Waals surface area (Å²) < 4.78 is 13.1. The van der Waals surface area contributed by atoms with Crippen LogP contribution in [0.1, 0.15) is 41.6 Å². The quantitative estimate of drug-likeness (QED) is 0.901. The third-order valence-corrected chi connectivity index (χ3v) is 2.98. The van der Waals surface area contributed by atoms with Crippen LogP contribution in [0, 0.1) is 12.7 Å². The maximum atomic E-state index is 13.1. The van der Waals surface area contributed by atoms with Gasteiger partial charge in [0, 0.05) is 11.6 Å². The van der Waals surface area contributed by atoms with Crippen LogP contribution in [0.15, 0.2) is 24.4 Å². The normalized spacial score (nSPS) is 10.7. The maximum Gasteiger partial charge on any atom is 0.356 e. The zero-order valence-electron chi connectivity index (χ0n) is 12.0. The Kier molecular flexibility index (Phi) is 4.16. The number of aromatic carboxylic acids is 1. The third kappa shape index (κ3) is 3.34. The summed E-state index contributed by atoms with van der Waals surface area (Å²) in [5, 5.41) is 12.2. The van der Waals surface area contributed by atoms with Gasteiger partial charge in [0.05, 0.1) is 11.9 Å². The molecule has 0 aliphatic heterocycles. The second-order valence-electron chi connectivity index (χ2n) is 5.03. The first kappa shape index (κ1) is 14.9. The molecule has 21 heavy (non-hydrogen) atoms. The molecule has 2 rings (SSSR count). The van der Waals surface area contributed by atoms with Crippen LogP contribution in [0.2, 0.25) is 0 Å². The molecule has 0 atom stereocenters. The van der Waals surface area contributed by atoms with Crippen molar-refractivity contribution >= 4 is 17.3 Å². The van der Waals surface area contributed by atoms with Gasteiger partial charge in [-0.15, -0.1) is 0 Å². The number of carboxylic acid groups (broad SMARTS) is 1.